The van der Waals surface area contributed by atoms with E-state index in [1.807, 2.05) is 0 Å². The molecule has 26 heavy (non-hydrogen) atoms. The summed E-state index contributed by atoms with van der Waals surface area (Å²) in [6.45, 7) is 0.898. The highest BCUT2D eigenvalue weighted by Gasteiger charge is 2.57. The number of quaternary nitrogens is 1. The van der Waals surface area contributed by atoms with Gasteiger partial charge >= 0.3 is 6.48 Å². The molecule has 0 amide bonds. The zero-order valence-corrected chi connectivity index (χ0v) is 15.7. The molecule has 0 aliphatic carbocycles. The van der Waals surface area contributed by atoms with Gasteiger partial charge < -0.3 is 9.05 Å². The third kappa shape index (κ3) is 2.43. The van der Waals surface area contributed by atoms with Crippen LogP contribution in [0.4, 0.5) is 0 Å². The summed E-state index contributed by atoms with van der Waals surface area (Å²) in [6.07, 6.45) is 0.0617. The molecule has 1 fully saturated rings. The lowest BCUT2D eigenvalue weighted by Gasteiger charge is -2.51. The van der Waals surface area contributed by atoms with Crippen LogP contribution in [0.3, 0.4) is 0 Å². The fourth-order valence-corrected chi connectivity index (χ4v) is 4.71. The van der Waals surface area contributed by atoms with E-state index >= 15 is 0 Å². The van der Waals surface area contributed by atoms with Gasteiger partial charge in [0, 0.05) is 14.1 Å². The van der Waals surface area contributed by atoms with Crippen LogP contribution >= 0.6 is 0 Å². The summed E-state index contributed by atoms with van der Waals surface area (Å²) < 4.78 is 7.87. The van der Waals surface area contributed by atoms with E-state index in [-0.39, 0.29) is 6.10 Å². The molecule has 4 rings (SSSR count). The highest BCUT2D eigenvalue weighted by atomic mass is 16.5. The van der Waals surface area contributed by atoms with Crippen LogP contribution in [0.1, 0.15) is 18.6 Å². The molecule has 0 aromatic heterocycles. The highest BCUT2D eigenvalue weighted by molar-refractivity contribution is 6.92. The average Bonchev–Trinajstić information content (AvgIpc) is 2.91. The second kappa shape index (κ2) is 6.42. The number of benzene rings is 3. The minimum atomic E-state index is -1.41. The predicted molar refractivity (Wildman–Crippen MR) is 110 cm³/mol. The maximum absolute atomic E-state index is 7.07. The Labute approximate surface area is 156 Å². The second-order valence-corrected chi connectivity index (χ2v) is 7.90. The quantitative estimate of drug-likeness (QED) is 0.662. The maximum atomic E-state index is 7.07. The monoisotopic (exact) mass is 343 g/mol. The molecule has 0 N–H and O–H groups in total. The van der Waals surface area contributed by atoms with E-state index < -0.39 is 6.48 Å². The van der Waals surface area contributed by atoms with Crippen LogP contribution in [0.15, 0.2) is 91.0 Å². The number of rotatable bonds is 3. The zero-order chi connectivity index (χ0) is 18.2. The molecule has 0 bridgehead atoms. The van der Waals surface area contributed by atoms with Crippen molar-refractivity contribution in [3.63, 3.8) is 0 Å². The molecule has 132 valence electrons. The van der Waals surface area contributed by atoms with E-state index in [1.165, 1.54) is 16.5 Å². The number of hydrogen-bond donors (Lipinski definition) is 0. The highest BCUT2D eigenvalue weighted by Crippen LogP contribution is 2.41. The van der Waals surface area contributed by atoms with Gasteiger partial charge in [-0.15, -0.1) is 10.9 Å². The van der Waals surface area contributed by atoms with Crippen molar-refractivity contribution in [2.24, 2.45) is 0 Å². The standard InChI is InChI=1S/C23H26BNO/c1-19-23(20-13-7-4-8-14-20)26-24(25(19,2)3,21-15-9-5-10-16-21)22-17-11-6-12-18-22/h4-19,23H,1-3H3/t19-,23-/m1/s1. The molecule has 0 unspecified atom stereocenters. The van der Waals surface area contributed by atoms with Crippen LogP contribution in [0, 0.1) is 0 Å². The molecule has 2 atom stereocenters. The second-order valence-electron chi connectivity index (χ2n) is 7.90. The Morgan fingerprint density at radius 2 is 1.12 bits per heavy atom. The molecular formula is C23H26BNO. The summed E-state index contributed by atoms with van der Waals surface area (Å²) in [5, 5.41) is 0. The Balaban J connectivity index is 1.94. The summed E-state index contributed by atoms with van der Waals surface area (Å²) in [4.78, 5) is 0. The third-order valence-corrected chi connectivity index (χ3v) is 6.40. The van der Waals surface area contributed by atoms with Crippen LogP contribution in [-0.4, -0.2) is 31.0 Å². The molecule has 3 aromatic rings. The van der Waals surface area contributed by atoms with Crippen molar-refractivity contribution in [3.05, 3.63) is 96.6 Å². The summed E-state index contributed by atoms with van der Waals surface area (Å²) >= 11 is 0. The van der Waals surface area contributed by atoms with Crippen LogP contribution < -0.4 is 10.9 Å². The molecule has 0 saturated carbocycles. The Morgan fingerprint density at radius 3 is 1.58 bits per heavy atom. The van der Waals surface area contributed by atoms with Gasteiger partial charge in [0.2, 0.25) is 0 Å². The SMILES string of the molecule is C[C@@H]1[C@H](c2ccccc2)O[B-](c2ccccc2)(c2ccccc2)[N+]1(C)C. The maximum Gasteiger partial charge on any atom is 0.392 e. The van der Waals surface area contributed by atoms with Crippen LogP contribution in [0.2, 0.25) is 0 Å². The van der Waals surface area contributed by atoms with Crippen molar-refractivity contribution in [1.82, 2.24) is 0 Å². The van der Waals surface area contributed by atoms with Crippen LogP contribution in [0.5, 0.6) is 0 Å². The van der Waals surface area contributed by atoms with Gasteiger partial charge in [-0.25, -0.2) is 0 Å². The van der Waals surface area contributed by atoms with Gasteiger partial charge in [-0.3, -0.25) is 0 Å². The predicted octanol–water partition coefficient (Wildman–Crippen LogP) is 3.48. The van der Waals surface area contributed by atoms with E-state index in [2.05, 4.69) is 112 Å². The average molecular weight is 343 g/mol. The lowest BCUT2D eigenvalue weighted by Crippen LogP contribution is -2.76. The Hall–Kier alpha value is -2.36. The molecule has 3 heteroatoms. The van der Waals surface area contributed by atoms with Crippen molar-refractivity contribution < 1.29 is 9.05 Å². The zero-order valence-electron chi connectivity index (χ0n) is 15.7. The number of hydrogen-bond acceptors (Lipinski definition) is 1. The molecule has 3 aromatic carbocycles. The van der Waals surface area contributed by atoms with Crippen molar-refractivity contribution >= 4 is 17.4 Å². The Bertz CT molecular complexity index is 825. The van der Waals surface area contributed by atoms with E-state index in [0.717, 1.165) is 4.39 Å². The van der Waals surface area contributed by atoms with Gasteiger partial charge in [-0.05, 0) is 12.5 Å². The topological polar surface area (TPSA) is 9.23 Å². The molecule has 1 aliphatic heterocycles. The van der Waals surface area contributed by atoms with Crippen molar-refractivity contribution in [2.45, 2.75) is 19.1 Å². The van der Waals surface area contributed by atoms with E-state index in [0.29, 0.717) is 6.04 Å². The van der Waals surface area contributed by atoms with Gasteiger partial charge in [0.1, 0.15) is 0 Å². The third-order valence-electron chi connectivity index (χ3n) is 6.40. The van der Waals surface area contributed by atoms with Crippen molar-refractivity contribution in [2.75, 3.05) is 14.1 Å². The minimum absolute atomic E-state index is 0.0617. The molecule has 0 radical (unpaired) electrons. The van der Waals surface area contributed by atoms with Crippen LogP contribution in [0.25, 0.3) is 0 Å². The normalized spacial score (nSPS) is 23.7. The molecule has 0 spiro atoms. The molecule has 2 nitrogen and oxygen atoms in total. The van der Waals surface area contributed by atoms with Gasteiger partial charge in [-0.1, -0.05) is 91.0 Å². The van der Waals surface area contributed by atoms with Gasteiger partial charge in [0.25, 0.3) is 0 Å². The lowest BCUT2D eigenvalue weighted by molar-refractivity contribution is -0.808. The Morgan fingerprint density at radius 1 is 0.692 bits per heavy atom. The summed E-state index contributed by atoms with van der Waals surface area (Å²) in [7, 11) is 4.63. The molecule has 1 aliphatic rings. The van der Waals surface area contributed by atoms with Crippen molar-refractivity contribution in [3.8, 4) is 0 Å². The van der Waals surface area contributed by atoms with Gasteiger partial charge in [0.05, 0.1) is 12.1 Å². The summed E-state index contributed by atoms with van der Waals surface area (Å²) in [5.41, 5.74) is 3.77. The fourth-order valence-electron chi connectivity index (χ4n) is 4.71. The van der Waals surface area contributed by atoms with E-state index in [1.54, 1.807) is 0 Å². The largest absolute Gasteiger partial charge is 0.521 e. The molecular weight excluding hydrogens is 317 g/mol. The summed E-state index contributed by atoms with van der Waals surface area (Å²) in [6, 6.07) is 32.4. The lowest BCUT2D eigenvalue weighted by atomic mass is 9.39. The minimum Gasteiger partial charge on any atom is -0.521 e. The van der Waals surface area contributed by atoms with Gasteiger partial charge in [0.15, 0.2) is 0 Å². The van der Waals surface area contributed by atoms with Crippen LogP contribution in [-0.2, 0) is 4.65 Å². The van der Waals surface area contributed by atoms with Crippen molar-refractivity contribution in [1.29, 1.82) is 0 Å². The first-order chi connectivity index (χ1) is 12.6. The first-order valence-electron chi connectivity index (χ1n) is 9.39. The molecule has 1 heterocycles. The fraction of sp³-hybridized carbons (Fsp3) is 0.217. The first kappa shape index (κ1) is 17.1. The summed E-state index contributed by atoms with van der Waals surface area (Å²) in [5.74, 6) is 0. The molecule has 1 saturated heterocycles. The van der Waals surface area contributed by atoms with E-state index in [4.69, 9.17) is 4.65 Å². The van der Waals surface area contributed by atoms with Gasteiger partial charge in [-0.2, -0.15) is 0 Å². The van der Waals surface area contributed by atoms with E-state index in [9.17, 15) is 0 Å². The Kier molecular flexibility index (Phi) is 4.22. The smallest absolute Gasteiger partial charge is 0.392 e. The first-order valence-corrected chi connectivity index (χ1v) is 9.39. The number of likely N-dealkylation sites (N-methyl/N-ethyl adjacent to an activating group) is 1. The number of nitrogens with zero attached hydrogens (tertiary/aromatic N) is 1.